The number of aromatic nitrogens is 2. The van der Waals surface area contributed by atoms with Crippen molar-refractivity contribution in [3.8, 4) is 17.6 Å². The number of hydrogen-bond donors (Lipinski definition) is 1. The monoisotopic (exact) mass is 256 g/mol. The number of rotatable bonds is 4. The summed E-state index contributed by atoms with van der Waals surface area (Å²) in [4.78, 5) is 7.83. The van der Waals surface area contributed by atoms with Crippen molar-refractivity contribution in [3.05, 3.63) is 36.3 Å². The number of benzene rings is 1. The molecule has 0 unspecified atom stereocenters. The molecule has 1 N–H and O–H groups in total. The largest absolute Gasteiger partial charge is 0.493 e. The van der Waals surface area contributed by atoms with E-state index in [1.54, 1.807) is 26.4 Å². The zero-order valence-electron chi connectivity index (χ0n) is 10.5. The lowest BCUT2D eigenvalue weighted by Gasteiger charge is -2.11. The molecule has 6 heteroatoms. The number of hydrogen-bond acceptors (Lipinski definition) is 6. The lowest BCUT2D eigenvalue weighted by Crippen LogP contribution is -1.98. The minimum Gasteiger partial charge on any atom is -0.493 e. The van der Waals surface area contributed by atoms with Crippen LogP contribution in [-0.4, -0.2) is 24.2 Å². The molecule has 2 rings (SSSR count). The molecular weight excluding hydrogens is 244 g/mol. The molecule has 19 heavy (non-hydrogen) atoms. The Kier molecular flexibility index (Phi) is 3.78. The van der Waals surface area contributed by atoms with Gasteiger partial charge in [0.25, 0.3) is 0 Å². The van der Waals surface area contributed by atoms with Crippen molar-refractivity contribution in [3.63, 3.8) is 0 Å². The normalized spacial score (nSPS) is 9.53. The maximum atomic E-state index is 8.96. The van der Waals surface area contributed by atoms with Crippen molar-refractivity contribution in [2.75, 3.05) is 19.5 Å². The Morgan fingerprint density at radius 3 is 2.68 bits per heavy atom. The van der Waals surface area contributed by atoms with Crippen LogP contribution in [0.2, 0.25) is 0 Å². The minimum absolute atomic E-state index is 0.372. The average Bonchev–Trinajstić information content (AvgIpc) is 2.47. The van der Waals surface area contributed by atoms with Gasteiger partial charge in [-0.1, -0.05) is 0 Å². The maximum absolute atomic E-state index is 8.96. The fourth-order valence-corrected chi connectivity index (χ4v) is 1.56. The first-order chi connectivity index (χ1) is 9.28. The molecule has 0 aliphatic heterocycles. The molecule has 1 aromatic carbocycles. The van der Waals surface area contributed by atoms with Crippen LogP contribution in [0.1, 0.15) is 5.56 Å². The first-order valence-electron chi connectivity index (χ1n) is 5.47. The van der Waals surface area contributed by atoms with Crippen LogP contribution in [0.3, 0.4) is 0 Å². The zero-order chi connectivity index (χ0) is 13.7. The Labute approximate surface area is 110 Å². The number of nitrogens with zero attached hydrogens (tertiary/aromatic N) is 3. The van der Waals surface area contributed by atoms with E-state index in [2.05, 4.69) is 15.3 Å². The summed E-state index contributed by atoms with van der Waals surface area (Å²) in [5, 5.41) is 12.0. The Morgan fingerprint density at radius 2 is 2.00 bits per heavy atom. The topological polar surface area (TPSA) is 80.1 Å². The highest BCUT2D eigenvalue weighted by molar-refractivity contribution is 5.64. The van der Waals surface area contributed by atoms with E-state index in [-0.39, 0.29) is 0 Å². The molecule has 6 nitrogen and oxygen atoms in total. The van der Waals surface area contributed by atoms with Crippen molar-refractivity contribution in [2.45, 2.75) is 0 Å². The van der Waals surface area contributed by atoms with Crippen LogP contribution in [0.25, 0.3) is 0 Å². The standard InChI is InChI=1S/C13H12N4O2/c1-18-11-4-3-10(5-12(11)19-2)17-13-9(6-14)7-15-8-16-13/h3-5,7-8H,1-2H3,(H,15,16,17). The van der Waals surface area contributed by atoms with Crippen molar-refractivity contribution >= 4 is 11.5 Å². The summed E-state index contributed by atoms with van der Waals surface area (Å²) >= 11 is 0. The van der Waals surface area contributed by atoms with E-state index in [9.17, 15) is 0 Å². The van der Waals surface area contributed by atoms with E-state index in [1.165, 1.54) is 12.5 Å². The Bertz CT molecular complexity index is 622. The molecule has 0 aliphatic carbocycles. The molecular formula is C13H12N4O2. The molecule has 1 heterocycles. The van der Waals surface area contributed by atoms with Crippen molar-refractivity contribution in [2.24, 2.45) is 0 Å². The van der Waals surface area contributed by atoms with Gasteiger partial charge >= 0.3 is 0 Å². The second-order valence-electron chi connectivity index (χ2n) is 3.59. The van der Waals surface area contributed by atoms with Crippen molar-refractivity contribution < 1.29 is 9.47 Å². The Morgan fingerprint density at radius 1 is 1.21 bits per heavy atom. The number of ether oxygens (including phenoxy) is 2. The van der Waals surface area contributed by atoms with E-state index >= 15 is 0 Å². The van der Waals surface area contributed by atoms with E-state index in [0.717, 1.165) is 5.69 Å². The Balaban J connectivity index is 2.31. The molecule has 0 aliphatic rings. The molecule has 0 radical (unpaired) electrons. The number of anilines is 2. The Hall–Kier alpha value is -2.81. The maximum Gasteiger partial charge on any atom is 0.162 e. The van der Waals surface area contributed by atoms with Crippen LogP contribution in [-0.2, 0) is 0 Å². The van der Waals surface area contributed by atoms with Crippen LogP contribution in [0, 0.1) is 11.3 Å². The van der Waals surface area contributed by atoms with Crippen LogP contribution < -0.4 is 14.8 Å². The van der Waals surface area contributed by atoms with Gasteiger partial charge in [-0.05, 0) is 12.1 Å². The molecule has 2 aromatic rings. The first kappa shape index (κ1) is 12.6. The van der Waals surface area contributed by atoms with E-state index in [4.69, 9.17) is 14.7 Å². The lowest BCUT2D eigenvalue weighted by molar-refractivity contribution is 0.355. The first-order valence-corrected chi connectivity index (χ1v) is 5.47. The molecule has 1 aromatic heterocycles. The molecule has 0 saturated carbocycles. The van der Waals surface area contributed by atoms with Crippen LogP contribution in [0.15, 0.2) is 30.7 Å². The summed E-state index contributed by atoms with van der Waals surface area (Å²) < 4.78 is 10.4. The fraction of sp³-hybridized carbons (Fsp3) is 0.154. The molecule has 0 atom stereocenters. The van der Waals surface area contributed by atoms with E-state index in [1.807, 2.05) is 12.1 Å². The van der Waals surface area contributed by atoms with E-state index in [0.29, 0.717) is 22.9 Å². The average molecular weight is 256 g/mol. The second kappa shape index (κ2) is 5.69. The van der Waals surface area contributed by atoms with Gasteiger partial charge in [0.15, 0.2) is 17.3 Å². The van der Waals surface area contributed by atoms with Gasteiger partial charge in [-0.2, -0.15) is 5.26 Å². The van der Waals surface area contributed by atoms with Crippen LogP contribution >= 0.6 is 0 Å². The smallest absolute Gasteiger partial charge is 0.162 e. The number of nitrogens with one attached hydrogen (secondary N) is 1. The lowest BCUT2D eigenvalue weighted by atomic mass is 10.2. The van der Waals surface area contributed by atoms with Crippen LogP contribution in [0.4, 0.5) is 11.5 Å². The van der Waals surface area contributed by atoms with Crippen molar-refractivity contribution in [1.29, 1.82) is 5.26 Å². The molecule has 0 fully saturated rings. The molecule has 0 bridgehead atoms. The summed E-state index contributed by atoms with van der Waals surface area (Å²) in [6.07, 6.45) is 2.83. The highest BCUT2D eigenvalue weighted by Crippen LogP contribution is 2.31. The quantitative estimate of drug-likeness (QED) is 0.902. The van der Waals surface area contributed by atoms with Gasteiger partial charge in [0.2, 0.25) is 0 Å². The number of nitriles is 1. The third kappa shape index (κ3) is 2.72. The highest BCUT2D eigenvalue weighted by atomic mass is 16.5. The third-order valence-corrected chi connectivity index (χ3v) is 2.48. The summed E-state index contributed by atoms with van der Waals surface area (Å²) in [6, 6.07) is 7.37. The van der Waals surface area contributed by atoms with Gasteiger partial charge in [0, 0.05) is 11.8 Å². The van der Waals surface area contributed by atoms with Gasteiger partial charge < -0.3 is 14.8 Å². The predicted molar refractivity (Wildman–Crippen MR) is 69.6 cm³/mol. The van der Waals surface area contributed by atoms with E-state index < -0.39 is 0 Å². The third-order valence-electron chi connectivity index (χ3n) is 2.48. The molecule has 0 spiro atoms. The minimum atomic E-state index is 0.372. The van der Waals surface area contributed by atoms with Crippen LogP contribution in [0.5, 0.6) is 11.5 Å². The van der Waals surface area contributed by atoms with Gasteiger partial charge in [-0.15, -0.1) is 0 Å². The fourth-order valence-electron chi connectivity index (χ4n) is 1.56. The summed E-state index contributed by atoms with van der Waals surface area (Å²) in [5.41, 5.74) is 1.12. The van der Waals surface area contributed by atoms with Gasteiger partial charge in [0.05, 0.1) is 20.4 Å². The highest BCUT2D eigenvalue weighted by Gasteiger charge is 2.07. The summed E-state index contributed by atoms with van der Waals surface area (Å²) in [7, 11) is 3.14. The number of methoxy groups -OCH3 is 2. The van der Waals surface area contributed by atoms with Gasteiger partial charge in [-0.25, -0.2) is 9.97 Å². The molecule has 96 valence electrons. The van der Waals surface area contributed by atoms with Gasteiger partial charge in [0.1, 0.15) is 18.0 Å². The van der Waals surface area contributed by atoms with Crippen molar-refractivity contribution in [1.82, 2.24) is 9.97 Å². The molecule has 0 amide bonds. The van der Waals surface area contributed by atoms with Gasteiger partial charge in [-0.3, -0.25) is 0 Å². The summed E-state index contributed by atoms with van der Waals surface area (Å²) in [5.74, 6) is 1.68. The summed E-state index contributed by atoms with van der Waals surface area (Å²) in [6.45, 7) is 0. The second-order valence-corrected chi connectivity index (χ2v) is 3.59. The zero-order valence-corrected chi connectivity index (χ0v) is 10.5. The molecule has 0 saturated heterocycles. The SMILES string of the molecule is COc1ccc(Nc2ncncc2C#N)cc1OC. The predicted octanol–water partition coefficient (Wildman–Crippen LogP) is 2.11.